The molecule has 1 aliphatic carbocycles. The number of carbonyl (C=O) groups is 3. The summed E-state index contributed by atoms with van der Waals surface area (Å²) in [5.41, 5.74) is 11.7. The van der Waals surface area contributed by atoms with Crippen LogP contribution in [0.25, 0.3) is 33.2 Å². The summed E-state index contributed by atoms with van der Waals surface area (Å²) in [6, 6.07) is 14.6. The highest BCUT2D eigenvalue weighted by Crippen LogP contribution is 2.53. The van der Waals surface area contributed by atoms with Crippen LogP contribution in [-0.4, -0.2) is 97.7 Å². The normalized spacial score (nSPS) is 26.4. The standard InChI is InChI=1S/C49H60N8O6S/c1-9-56-37-17-15-29-23-31(37)32(43(56)30-13-11-20-50-41(30)28(4)61-8)24-49(5,6)26-63-48(60)35-14-12-21-57(54-35)47(59)42(44(62-10-2)46-52-36(29)25-64-46)53-45(58)40-27(3)39(40)34-16-18-38-33(51-34)19-22-55(38)7/h11,13,15-20,22-23,27-28,35-36,39-40,42,44,54H,9-10,12,14,21,24-26H2,1-8H3,(H,53,58)/t27-,28+,35+,36?,39-,40+,42+,44+/m1/s1. The van der Waals surface area contributed by atoms with Gasteiger partial charge in [0.2, 0.25) is 5.91 Å². The number of hydrogen-bond acceptors (Lipinski definition) is 11. The number of thioether (sulfide) groups is 1. The Labute approximate surface area is 378 Å². The number of fused-ring (bicyclic) bond motifs is 6. The van der Waals surface area contributed by atoms with Crippen LogP contribution < -0.4 is 10.7 Å². The number of hydrazine groups is 1. The minimum Gasteiger partial charge on any atom is -0.464 e. The predicted octanol–water partition coefficient (Wildman–Crippen LogP) is 7.06. The molecule has 3 aliphatic heterocycles. The molecular formula is C49H60N8O6S. The fraction of sp³-hybridized carbons (Fsp3) is 0.510. The summed E-state index contributed by atoms with van der Waals surface area (Å²) in [6.07, 6.45) is 4.36. The van der Waals surface area contributed by atoms with Crippen LogP contribution in [0.1, 0.15) is 95.0 Å². The van der Waals surface area contributed by atoms with E-state index in [0.717, 1.165) is 62.3 Å². The van der Waals surface area contributed by atoms with Gasteiger partial charge in [0.1, 0.15) is 23.2 Å². The van der Waals surface area contributed by atoms with E-state index in [0.29, 0.717) is 36.6 Å². The molecule has 14 nitrogen and oxygen atoms in total. The Balaban J connectivity index is 1.12. The first kappa shape index (κ1) is 44.1. The monoisotopic (exact) mass is 888 g/mol. The maximum absolute atomic E-state index is 14.9. The molecule has 1 saturated heterocycles. The average molecular weight is 889 g/mol. The SMILES string of the molecule is CCO[C@@H]1C2=NC(CS2)c2ccc3c(c2)c(c(-c2cccnc2[C@H](C)OC)n3CC)CC(C)(C)COC(=O)[C@@H]2CCCN(N2)C(=O)[C@H]1NC(=O)[C@H]1[C@H](C)[C@@H]1c1ccc2c(ccn2C)n1. The van der Waals surface area contributed by atoms with Gasteiger partial charge in [0.25, 0.3) is 5.91 Å². The number of cyclic esters (lactones) is 1. The molecule has 2 amide bonds. The first-order valence-corrected chi connectivity index (χ1v) is 23.7. The molecule has 2 N–H and O–H groups in total. The Kier molecular flexibility index (Phi) is 12.2. The third-order valence-electron chi connectivity index (χ3n) is 13.6. The molecule has 9 rings (SSSR count). The molecule has 0 spiro atoms. The van der Waals surface area contributed by atoms with Crippen molar-refractivity contribution in [1.29, 1.82) is 0 Å². The number of esters is 1. The number of hydrogen-bond donors (Lipinski definition) is 2. The summed E-state index contributed by atoms with van der Waals surface area (Å²) in [5.74, 6) is -0.872. The minimum absolute atomic E-state index is 0.0172. The van der Waals surface area contributed by atoms with E-state index in [1.807, 2.05) is 62.1 Å². The lowest BCUT2D eigenvalue weighted by molar-refractivity contribution is -0.156. The van der Waals surface area contributed by atoms with Gasteiger partial charge in [-0.15, -0.1) is 11.8 Å². The van der Waals surface area contributed by atoms with Gasteiger partial charge in [0, 0.05) is 91.4 Å². The molecule has 1 aromatic carbocycles. The van der Waals surface area contributed by atoms with Crippen molar-refractivity contribution >= 4 is 56.5 Å². The number of amides is 2. The number of aromatic nitrogens is 4. The molecule has 1 unspecified atom stereocenters. The second-order valence-corrected chi connectivity index (χ2v) is 19.6. The number of nitrogens with one attached hydrogen (secondary N) is 2. The molecule has 64 heavy (non-hydrogen) atoms. The number of pyridine rings is 2. The highest BCUT2D eigenvalue weighted by molar-refractivity contribution is 8.14. The number of benzene rings is 1. The molecule has 2 fully saturated rings. The van der Waals surface area contributed by atoms with Crippen molar-refractivity contribution in [3.63, 3.8) is 0 Å². The van der Waals surface area contributed by atoms with Crippen LogP contribution in [0.5, 0.6) is 0 Å². The fourth-order valence-corrected chi connectivity index (χ4v) is 11.3. The molecular weight excluding hydrogens is 829 g/mol. The average Bonchev–Trinajstić information content (AvgIpc) is 3.58. The molecule has 1 saturated carbocycles. The summed E-state index contributed by atoms with van der Waals surface area (Å²) in [6.45, 7) is 13.9. The maximum atomic E-state index is 14.9. The van der Waals surface area contributed by atoms with Gasteiger partial charge in [-0.25, -0.2) is 5.43 Å². The van der Waals surface area contributed by atoms with E-state index in [2.05, 4.69) is 67.3 Å². The smallest absolute Gasteiger partial charge is 0.324 e. The lowest BCUT2D eigenvalue weighted by atomic mass is 9.84. The fourth-order valence-electron chi connectivity index (χ4n) is 10.1. The molecule has 4 aromatic heterocycles. The molecule has 0 radical (unpaired) electrons. The van der Waals surface area contributed by atoms with Crippen LogP contribution in [0.4, 0.5) is 0 Å². The van der Waals surface area contributed by atoms with Crippen molar-refractivity contribution in [2.24, 2.45) is 29.3 Å². The number of carbonyl (C=O) groups excluding carboxylic acids is 3. The van der Waals surface area contributed by atoms with Crippen molar-refractivity contribution in [3.8, 4) is 11.3 Å². The summed E-state index contributed by atoms with van der Waals surface area (Å²) < 4.78 is 22.8. The van der Waals surface area contributed by atoms with Crippen molar-refractivity contribution in [2.75, 3.05) is 32.6 Å². The van der Waals surface area contributed by atoms with Gasteiger partial charge >= 0.3 is 5.97 Å². The van der Waals surface area contributed by atoms with Gasteiger partial charge in [-0.3, -0.25) is 34.4 Å². The first-order chi connectivity index (χ1) is 30.8. The van der Waals surface area contributed by atoms with Gasteiger partial charge in [-0.05, 0) is 99.5 Å². The Morgan fingerprint density at radius 3 is 2.72 bits per heavy atom. The summed E-state index contributed by atoms with van der Waals surface area (Å²) in [7, 11) is 3.69. The number of aryl methyl sites for hydroxylation is 2. The van der Waals surface area contributed by atoms with Crippen molar-refractivity contribution in [2.45, 2.75) is 104 Å². The summed E-state index contributed by atoms with van der Waals surface area (Å²) in [5, 5.41) is 6.41. The van der Waals surface area contributed by atoms with E-state index in [-0.39, 0.29) is 54.9 Å². The van der Waals surface area contributed by atoms with Crippen molar-refractivity contribution in [1.82, 2.24) is 34.9 Å². The molecule has 4 aliphatic rings. The Hall–Kier alpha value is -5.09. The lowest BCUT2D eigenvalue weighted by Gasteiger charge is -2.37. The summed E-state index contributed by atoms with van der Waals surface area (Å²) >= 11 is 1.56. The van der Waals surface area contributed by atoms with Crippen LogP contribution in [0, 0.1) is 17.3 Å². The molecule has 338 valence electrons. The number of rotatable bonds is 9. The Bertz CT molecular complexity index is 2640. The van der Waals surface area contributed by atoms with E-state index in [9.17, 15) is 14.4 Å². The van der Waals surface area contributed by atoms with Crippen LogP contribution in [0.3, 0.4) is 0 Å². The van der Waals surface area contributed by atoms with Crippen LogP contribution in [0.15, 0.2) is 65.9 Å². The zero-order valence-corrected chi connectivity index (χ0v) is 38.9. The molecule has 15 heteroatoms. The van der Waals surface area contributed by atoms with E-state index in [1.165, 1.54) is 5.01 Å². The van der Waals surface area contributed by atoms with Crippen molar-refractivity contribution in [3.05, 3.63) is 83.4 Å². The quantitative estimate of drug-likeness (QED) is 0.147. The highest BCUT2D eigenvalue weighted by Gasteiger charge is 2.55. The highest BCUT2D eigenvalue weighted by atomic mass is 32.2. The third-order valence-corrected chi connectivity index (χ3v) is 14.8. The zero-order chi connectivity index (χ0) is 45.0. The second-order valence-electron chi connectivity index (χ2n) is 18.6. The molecule has 6 bridgehead atoms. The number of nitrogens with zero attached hydrogens (tertiary/aromatic N) is 6. The van der Waals surface area contributed by atoms with Gasteiger partial charge < -0.3 is 28.7 Å². The molecule has 7 heterocycles. The third kappa shape index (κ3) is 8.13. The van der Waals surface area contributed by atoms with Gasteiger partial charge in [-0.1, -0.05) is 26.8 Å². The molecule has 8 atom stereocenters. The molecule has 5 aromatic rings. The van der Waals surface area contributed by atoms with E-state index < -0.39 is 29.6 Å². The second kappa shape index (κ2) is 17.7. The number of ether oxygens (including phenoxy) is 3. The largest absolute Gasteiger partial charge is 0.464 e. The predicted molar refractivity (Wildman–Crippen MR) is 249 cm³/mol. The van der Waals surface area contributed by atoms with E-state index in [4.69, 9.17) is 29.2 Å². The van der Waals surface area contributed by atoms with Crippen molar-refractivity contribution < 1.29 is 28.6 Å². The Morgan fingerprint density at radius 1 is 1.12 bits per heavy atom. The topological polar surface area (TPSA) is 154 Å². The van der Waals surface area contributed by atoms with E-state index in [1.54, 1.807) is 18.9 Å². The van der Waals surface area contributed by atoms with Crippen LogP contribution >= 0.6 is 11.8 Å². The van der Waals surface area contributed by atoms with Gasteiger partial charge in [0.15, 0.2) is 0 Å². The van der Waals surface area contributed by atoms with E-state index >= 15 is 0 Å². The Morgan fingerprint density at radius 2 is 1.94 bits per heavy atom. The van der Waals surface area contributed by atoms with Crippen LogP contribution in [-0.2, 0) is 48.6 Å². The van der Waals surface area contributed by atoms with Gasteiger partial charge in [-0.2, -0.15) is 0 Å². The lowest BCUT2D eigenvalue weighted by Crippen LogP contribution is -2.63. The number of aliphatic imine (C=N–C) groups is 1. The maximum Gasteiger partial charge on any atom is 0.324 e. The first-order valence-electron chi connectivity index (χ1n) is 22.7. The van der Waals surface area contributed by atoms with Crippen LogP contribution in [0.2, 0.25) is 0 Å². The zero-order valence-electron chi connectivity index (χ0n) is 38.1. The minimum atomic E-state index is -1.12. The van der Waals surface area contributed by atoms with Gasteiger partial charge in [0.05, 0.1) is 41.2 Å². The number of methoxy groups -OCH3 is 1. The summed E-state index contributed by atoms with van der Waals surface area (Å²) in [4.78, 5) is 58.4.